The summed E-state index contributed by atoms with van der Waals surface area (Å²) in [5, 5.41) is 9.05. The fourth-order valence-corrected chi connectivity index (χ4v) is 1.98. The van der Waals surface area contributed by atoms with Crippen molar-refractivity contribution in [3.63, 3.8) is 0 Å². The first-order valence-corrected chi connectivity index (χ1v) is 5.29. The number of hydrogen-bond donors (Lipinski definition) is 2. The van der Waals surface area contributed by atoms with E-state index in [2.05, 4.69) is 11.8 Å². The molecule has 0 aromatic carbocycles. The molecule has 0 amide bonds. The number of aliphatic hydroxyl groups is 1. The lowest BCUT2D eigenvalue weighted by molar-refractivity contribution is 0.111. The molecule has 1 rings (SSSR count). The van der Waals surface area contributed by atoms with E-state index < -0.39 is 0 Å². The number of nitrogens with zero attached hydrogens (tertiary/aromatic N) is 1. The summed E-state index contributed by atoms with van der Waals surface area (Å²) < 4.78 is 0. The summed E-state index contributed by atoms with van der Waals surface area (Å²) in [7, 11) is 0. The van der Waals surface area contributed by atoms with Crippen molar-refractivity contribution < 1.29 is 5.11 Å². The number of likely N-dealkylation sites (tertiary alicyclic amines) is 1. The Morgan fingerprint density at radius 3 is 3.00 bits per heavy atom. The van der Waals surface area contributed by atoms with Crippen molar-refractivity contribution in [2.45, 2.75) is 19.8 Å². The second-order valence-corrected chi connectivity index (χ2v) is 4.29. The van der Waals surface area contributed by atoms with Gasteiger partial charge in [0.05, 0.1) is 0 Å². The van der Waals surface area contributed by atoms with Crippen molar-refractivity contribution in [1.82, 2.24) is 4.90 Å². The van der Waals surface area contributed by atoms with Gasteiger partial charge in [0, 0.05) is 19.7 Å². The molecule has 0 aromatic heterocycles. The zero-order valence-electron chi connectivity index (χ0n) is 8.58. The van der Waals surface area contributed by atoms with E-state index in [1.54, 1.807) is 0 Å². The third-order valence-electron chi connectivity index (χ3n) is 2.83. The third-order valence-corrected chi connectivity index (χ3v) is 2.83. The van der Waals surface area contributed by atoms with E-state index in [9.17, 15) is 0 Å². The highest BCUT2D eigenvalue weighted by atomic mass is 16.3. The molecule has 0 spiro atoms. The Hall–Kier alpha value is -0.120. The van der Waals surface area contributed by atoms with Gasteiger partial charge >= 0.3 is 0 Å². The SMILES string of the molecule is CC(CN)CN1CCCC(CO)C1. The van der Waals surface area contributed by atoms with Crippen LogP contribution >= 0.6 is 0 Å². The molecule has 1 aliphatic heterocycles. The molecule has 2 unspecified atom stereocenters. The summed E-state index contributed by atoms with van der Waals surface area (Å²) in [6, 6.07) is 0. The predicted octanol–water partition coefficient (Wildman–Crippen LogP) is 0.285. The van der Waals surface area contributed by atoms with Gasteiger partial charge < -0.3 is 15.7 Å². The average Bonchev–Trinajstić information content (AvgIpc) is 2.18. The smallest absolute Gasteiger partial charge is 0.0471 e. The quantitative estimate of drug-likeness (QED) is 0.663. The molecule has 3 nitrogen and oxygen atoms in total. The Balaban J connectivity index is 2.25. The Bertz CT molecular complexity index is 139. The molecule has 0 saturated carbocycles. The molecule has 1 fully saturated rings. The molecule has 0 aliphatic carbocycles. The zero-order valence-corrected chi connectivity index (χ0v) is 8.58. The fourth-order valence-electron chi connectivity index (χ4n) is 1.98. The number of aliphatic hydroxyl groups excluding tert-OH is 1. The molecule has 1 saturated heterocycles. The topological polar surface area (TPSA) is 49.5 Å². The minimum atomic E-state index is 0.341. The van der Waals surface area contributed by atoms with Gasteiger partial charge in [0.15, 0.2) is 0 Å². The van der Waals surface area contributed by atoms with Crippen molar-refractivity contribution in [2.75, 3.05) is 32.8 Å². The number of piperidine rings is 1. The van der Waals surface area contributed by atoms with Gasteiger partial charge in [-0.1, -0.05) is 6.92 Å². The minimum Gasteiger partial charge on any atom is -0.396 e. The van der Waals surface area contributed by atoms with Gasteiger partial charge in [0.1, 0.15) is 0 Å². The molecule has 3 N–H and O–H groups in total. The van der Waals surface area contributed by atoms with Crippen LogP contribution in [-0.2, 0) is 0 Å². The van der Waals surface area contributed by atoms with Gasteiger partial charge in [-0.3, -0.25) is 0 Å². The lowest BCUT2D eigenvalue weighted by Crippen LogP contribution is -2.40. The highest BCUT2D eigenvalue weighted by Crippen LogP contribution is 2.16. The summed E-state index contributed by atoms with van der Waals surface area (Å²) >= 11 is 0. The molecule has 0 aromatic rings. The fraction of sp³-hybridized carbons (Fsp3) is 1.00. The molecule has 2 atom stereocenters. The van der Waals surface area contributed by atoms with Crippen molar-refractivity contribution in [3.8, 4) is 0 Å². The summed E-state index contributed by atoms with van der Waals surface area (Å²) in [4.78, 5) is 2.43. The molecular formula is C10H22N2O. The molecule has 1 heterocycles. The van der Waals surface area contributed by atoms with Gasteiger partial charge in [0.2, 0.25) is 0 Å². The largest absolute Gasteiger partial charge is 0.396 e. The number of rotatable bonds is 4. The highest BCUT2D eigenvalue weighted by Gasteiger charge is 2.19. The van der Waals surface area contributed by atoms with Gasteiger partial charge in [-0.05, 0) is 37.8 Å². The Morgan fingerprint density at radius 1 is 1.62 bits per heavy atom. The van der Waals surface area contributed by atoms with Crippen molar-refractivity contribution in [1.29, 1.82) is 0 Å². The number of nitrogens with two attached hydrogens (primary N) is 1. The minimum absolute atomic E-state index is 0.341. The van der Waals surface area contributed by atoms with E-state index in [1.165, 1.54) is 19.4 Å². The van der Waals surface area contributed by atoms with Gasteiger partial charge in [-0.25, -0.2) is 0 Å². The molecule has 78 valence electrons. The first kappa shape index (κ1) is 11.0. The normalized spacial score (nSPS) is 27.5. The summed E-state index contributed by atoms with van der Waals surface area (Å²) in [6.45, 7) is 6.62. The second-order valence-electron chi connectivity index (χ2n) is 4.29. The lowest BCUT2D eigenvalue weighted by atomic mass is 9.98. The monoisotopic (exact) mass is 186 g/mol. The molecule has 0 bridgehead atoms. The van der Waals surface area contributed by atoms with Crippen LogP contribution < -0.4 is 5.73 Å². The van der Waals surface area contributed by atoms with E-state index in [-0.39, 0.29) is 0 Å². The first-order chi connectivity index (χ1) is 6.26. The zero-order chi connectivity index (χ0) is 9.68. The van der Waals surface area contributed by atoms with Gasteiger partial charge in [-0.15, -0.1) is 0 Å². The molecule has 13 heavy (non-hydrogen) atoms. The Labute approximate surface area is 80.9 Å². The van der Waals surface area contributed by atoms with Crippen molar-refractivity contribution in [3.05, 3.63) is 0 Å². The van der Waals surface area contributed by atoms with Crippen LogP contribution in [0.2, 0.25) is 0 Å². The van der Waals surface area contributed by atoms with E-state index in [0.29, 0.717) is 18.4 Å². The predicted molar refractivity (Wildman–Crippen MR) is 54.5 cm³/mol. The maximum absolute atomic E-state index is 9.05. The maximum atomic E-state index is 9.05. The maximum Gasteiger partial charge on any atom is 0.0471 e. The summed E-state index contributed by atoms with van der Waals surface area (Å²) in [5.41, 5.74) is 5.58. The second kappa shape index (κ2) is 5.58. The van der Waals surface area contributed by atoms with Crippen LogP contribution in [0, 0.1) is 11.8 Å². The van der Waals surface area contributed by atoms with E-state index in [4.69, 9.17) is 10.8 Å². The van der Waals surface area contributed by atoms with Crippen LogP contribution in [0.15, 0.2) is 0 Å². The Morgan fingerprint density at radius 2 is 2.38 bits per heavy atom. The van der Waals surface area contributed by atoms with Gasteiger partial charge in [-0.2, -0.15) is 0 Å². The molecular weight excluding hydrogens is 164 g/mol. The Kier molecular flexibility index (Phi) is 4.70. The molecule has 0 radical (unpaired) electrons. The summed E-state index contributed by atoms with van der Waals surface area (Å²) in [6.07, 6.45) is 2.41. The highest BCUT2D eigenvalue weighted by molar-refractivity contribution is 4.73. The lowest BCUT2D eigenvalue weighted by Gasteiger charge is -2.33. The van der Waals surface area contributed by atoms with E-state index in [0.717, 1.165) is 19.6 Å². The van der Waals surface area contributed by atoms with Gasteiger partial charge in [0.25, 0.3) is 0 Å². The molecule has 3 heteroatoms. The van der Waals surface area contributed by atoms with Crippen LogP contribution in [0.5, 0.6) is 0 Å². The van der Waals surface area contributed by atoms with Crippen LogP contribution in [0.3, 0.4) is 0 Å². The van der Waals surface area contributed by atoms with Crippen molar-refractivity contribution in [2.24, 2.45) is 17.6 Å². The van der Waals surface area contributed by atoms with E-state index in [1.807, 2.05) is 0 Å². The van der Waals surface area contributed by atoms with Crippen LogP contribution in [0.1, 0.15) is 19.8 Å². The standard InChI is InChI=1S/C10H22N2O/c1-9(5-11)6-12-4-2-3-10(7-12)8-13/h9-10,13H,2-8,11H2,1H3. The van der Waals surface area contributed by atoms with E-state index >= 15 is 0 Å². The average molecular weight is 186 g/mol. The van der Waals surface area contributed by atoms with Crippen molar-refractivity contribution >= 4 is 0 Å². The van der Waals surface area contributed by atoms with Crippen LogP contribution in [0.4, 0.5) is 0 Å². The number of hydrogen-bond acceptors (Lipinski definition) is 3. The van der Waals surface area contributed by atoms with Crippen LogP contribution in [-0.4, -0.2) is 42.8 Å². The third kappa shape index (κ3) is 3.63. The summed E-state index contributed by atoms with van der Waals surface area (Å²) in [5.74, 6) is 1.08. The van der Waals surface area contributed by atoms with Crippen LogP contribution in [0.25, 0.3) is 0 Å². The first-order valence-electron chi connectivity index (χ1n) is 5.29. The molecule has 1 aliphatic rings.